The first-order valence-corrected chi connectivity index (χ1v) is 13.5. The Balaban J connectivity index is 1.44. The monoisotopic (exact) mass is 483 g/mol. The number of hydrogen-bond donors (Lipinski definition) is 1. The lowest BCUT2D eigenvalue weighted by molar-refractivity contribution is -0.122. The molecular weight excluding hydrogens is 450 g/mol. The first-order chi connectivity index (χ1) is 16.2. The van der Waals surface area contributed by atoms with Crippen molar-refractivity contribution >= 4 is 33.2 Å². The molecule has 2 amide bonds. The lowest BCUT2D eigenvalue weighted by Gasteiger charge is -2.37. The minimum atomic E-state index is -3.60. The SMILES string of the molecule is CCc1ccccc1N1C[C@H](C(=O)Nc2ccc(S(=O)(=O)N3[C@@H](C)CCC[C@@H]3C)cc2)CC1=O. The normalized spacial score (nSPS) is 23.8. The summed E-state index contributed by atoms with van der Waals surface area (Å²) in [5.74, 6) is -0.762. The summed E-state index contributed by atoms with van der Waals surface area (Å²) in [6.07, 6.45) is 3.71. The first kappa shape index (κ1) is 24.4. The molecule has 0 aliphatic carbocycles. The molecule has 2 fully saturated rings. The van der Waals surface area contributed by atoms with Crippen molar-refractivity contribution < 1.29 is 18.0 Å². The molecule has 2 aromatic carbocycles. The Morgan fingerprint density at radius 1 is 1.03 bits per heavy atom. The average molecular weight is 484 g/mol. The third kappa shape index (κ3) is 4.74. The molecule has 4 rings (SSSR count). The molecule has 2 saturated heterocycles. The van der Waals surface area contributed by atoms with Crippen LogP contribution in [-0.2, 0) is 26.0 Å². The van der Waals surface area contributed by atoms with Crippen LogP contribution >= 0.6 is 0 Å². The fourth-order valence-corrected chi connectivity index (χ4v) is 7.02. The number of benzene rings is 2. The van der Waals surface area contributed by atoms with Gasteiger partial charge in [-0.25, -0.2) is 8.42 Å². The van der Waals surface area contributed by atoms with Crippen LogP contribution in [0.3, 0.4) is 0 Å². The molecule has 1 N–H and O–H groups in total. The molecule has 0 saturated carbocycles. The molecule has 34 heavy (non-hydrogen) atoms. The molecule has 182 valence electrons. The van der Waals surface area contributed by atoms with E-state index in [2.05, 4.69) is 5.32 Å². The quantitative estimate of drug-likeness (QED) is 0.667. The van der Waals surface area contributed by atoms with Gasteiger partial charge in [-0.1, -0.05) is 31.5 Å². The molecule has 0 bridgehead atoms. The van der Waals surface area contributed by atoms with Gasteiger partial charge >= 0.3 is 0 Å². The summed E-state index contributed by atoms with van der Waals surface area (Å²) < 4.78 is 28.0. The van der Waals surface area contributed by atoms with E-state index in [-0.39, 0.29) is 35.2 Å². The minimum absolute atomic E-state index is 0.0335. The van der Waals surface area contributed by atoms with Crippen LogP contribution in [0.25, 0.3) is 0 Å². The highest BCUT2D eigenvalue weighted by Crippen LogP contribution is 2.31. The van der Waals surface area contributed by atoms with Crippen LogP contribution in [0.1, 0.15) is 52.0 Å². The molecule has 0 unspecified atom stereocenters. The summed E-state index contributed by atoms with van der Waals surface area (Å²) >= 11 is 0. The topological polar surface area (TPSA) is 86.8 Å². The zero-order valence-corrected chi connectivity index (χ0v) is 20.8. The second kappa shape index (κ2) is 9.88. The number of sulfonamides is 1. The van der Waals surface area contributed by atoms with Crippen LogP contribution in [0, 0.1) is 5.92 Å². The number of para-hydroxylation sites is 1. The van der Waals surface area contributed by atoms with Crippen LogP contribution in [0.5, 0.6) is 0 Å². The largest absolute Gasteiger partial charge is 0.326 e. The van der Waals surface area contributed by atoms with E-state index < -0.39 is 15.9 Å². The standard InChI is InChI=1S/C26H33N3O4S/c1-4-20-10-5-6-11-24(20)28-17-21(16-25(28)30)26(31)27-22-12-14-23(15-13-22)34(32,33)29-18(2)8-7-9-19(29)3/h5-6,10-15,18-19,21H,4,7-9,16-17H2,1-3H3,(H,27,31)/t18-,19-,21+/m0/s1. The molecule has 3 atom stereocenters. The van der Waals surface area contributed by atoms with E-state index in [1.54, 1.807) is 33.5 Å². The van der Waals surface area contributed by atoms with Crippen molar-refractivity contribution in [2.75, 3.05) is 16.8 Å². The summed E-state index contributed by atoms with van der Waals surface area (Å²) in [5, 5.41) is 2.85. The van der Waals surface area contributed by atoms with Gasteiger partial charge < -0.3 is 10.2 Å². The number of hydrogen-bond acceptors (Lipinski definition) is 4. The van der Waals surface area contributed by atoms with Gasteiger partial charge in [0, 0.05) is 36.4 Å². The van der Waals surface area contributed by atoms with Crippen molar-refractivity contribution in [1.82, 2.24) is 4.31 Å². The minimum Gasteiger partial charge on any atom is -0.326 e. The number of anilines is 2. The molecule has 2 aliphatic rings. The number of amides is 2. The Morgan fingerprint density at radius 2 is 1.68 bits per heavy atom. The highest BCUT2D eigenvalue weighted by Gasteiger charge is 2.37. The molecule has 8 heteroatoms. The third-order valence-corrected chi connectivity index (χ3v) is 9.11. The van der Waals surface area contributed by atoms with E-state index in [0.29, 0.717) is 12.2 Å². The molecule has 0 aromatic heterocycles. The average Bonchev–Trinajstić information content (AvgIpc) is 3.20. The van der Waals surface area contributed by atoms with Gasteiger partial charge in [-0.05, 0) is 69.0 Å². The number of carbonyl (C=O) groups is 2. The number of nitrogens with one attached hydrogen (secondary N) is 1. The lowest BCUT2D eigenvalue weighted by Crippen LogP contribution is -2.47. The Labute approximate surface area is 202 Å². The van der Waals surface area contributed by atoms with Gasteiger partial charge in [-0.3, -0.25) is 9.59 Å². The maximum absolute atomic E-state index is 13.2. The first-order valence-electron chi connectivity index (χ1n) is 12.0. The predicted molar refractivity (Wildman–Crippen MR) is 133 cm³/mol. The van der Waals surface area contributed by atoms with Crippen LogP contribution in [0.2, 0.25) is 0 Å². The Morgan fingerprint density at radius 3 is 2.32 bits per heavy atom. The third-order valence-electron chi connectivity index (χ3n) is 6.97. The maximum Gasteiger partial charge on any atom is 0.243 e. The molecule has 0 spiro atoms. The van der Waals surface area contributed by atoms with Gasteiger partial charge in [0.25, 0.3) is 0 Å². The van der Waals surface area contributed by atoms with Gasteiger partial charge in [0.05, 0.1) is 10.8 Å². The number of piperidine rings is 1. The molecule has 2 aromatic rings. The summed E-state index contributed by atoms with van der Waals surface area (Å²) in [6, 6.07) is 14.0. The molecule has 2 heterocycles. The van der Waals surface area contributed by atoms with Gasteiger partial charge in [0.1, 0.15) is 0 Å². The summed E-state index contributed by atoms with van der Waals surface area (Å²) in [7, 11) is -3.60. The Kier molecular flexibility index (Phi) is 7.09. The van der Waals surface area contributed by atoms with Crippen LogP contribution in [0.4, 0.5) is 11.4 Å². The van der Waals surface area contributed by atoms with E-state index in [9.17, 15) is 18.0 Å². The number of nitrogens with zero attached hydrogens (tertiary/aromatic N) is 2. The van der Waals surface area contributed by atoms with Crippen LogP contribution in [0.15, 0.2) is 53.4 Å². The smallest absolute Gasteiger partial charge is 0.243 e. The summed E-state index contributed by atoms with van der Waals surface area (Å²) in [5.41, 5.74) is 2.45. The predicted octanol–water partition coefficient (Wildman–Crippen LogP) is 4.19. The van der Waals surface area contributed by atoms with E-state index in [1.165, 1.54) is 0 Å². The van der Waals surface area contributed by atoms with E-state index in [4.69, 9.17) is 0 Å². The highest BCUT2D eigenvalue weighted by molar-refractivity contribution is 7.89. The summed E-state index contributed by atoms with van der Waals surface area (Å²) in [4.78, 5) is 27.5. The summed E-state index contributed by atoms with van der Waals surface area (Å²) in [6.45, 7) is 6.28. The van der Waals surface area contributed by atoms with Gasteiger partial charge in [0.2, 0.25) is 21.8 Å². The Bertz CT molecular complexity index is 1150. The van der Waals surface area contributed by atoms with Gasteiger partial charge in [-0.2, -0.15) is 4.31 Å². The number of aryl methyl sites for hydroxylation is 1. The second-order valence-electron chi connectivity index (χ2n) is 9.37. The zero-order valence-electron chi connectivity index (χ0n) is 20.0. The molecular formula is C26H33N3O4S. The van der Waals surface area contributed by atoms with Crippen molar-refractivity contribution in [2.45, 2.75) is 69.9 Å². The van der Waals surface area contributed by atoms with Gasteiger partial charge in [0.15, 0.2) is 0 Å². The Hall–Kier alpha value is -2.71. The number of carbonyl (C=O) groups excluding carboxylic acids is 2. The van der Waals surface area contributed by atoms with Crippen molar-refractivity contribution in [3.05, 3.63) is 54.1 Å². The van der Waals surface area contributed by atoms with Crippen LogP contribution < -0.4 is 10.2 Å². The molecule has 0 radical (unpaired) electrons. The van der Waals surface area contributed by atoms with E-state index in [0.717, 1.165) is 36.9 Å². The lowest BCUT2D eigenvalue weighted by atomic mass is 10.0. The highest BCUT2D eigenvalue weighted by atomic mass is 32.2. The number of rotatable bonds is 6. The van der Waals surface area contributed by atoms with Gasteiger partial charge in [-0.15, -0.1) is 0 Å². The zero-order chi connectivity index (χ0) is 24.5. The van der Waals surface area contributed by atoms with Crippen molar-refractivity contribution in [3.63, 3.8) is 0 Å². The van der Waals surface area contributed by atoms with E-state index >= 15 is 0 Å². The second-order valence-corrected chi connectivity index (χ2v) is 11.2. The van der Waals surface area contributed by atoms with E-state index in [1.807, 2.05) is 45.0 Å². The fourth-order valence-electron chi connectivity index (χ4n) is 5.14. The van der Waals surface area contributed by atoms with Crippen molar-refractivity contribution in [1.29, 1.82) is 0 Å². The van der Waals surface area contributed by atoms with Crippen molar-refractivity contribution in [2.24, 2.45) is 5.92 Å². The van der Waals surface area contributed by atoms with Crippen LogP contribution in [-0.4, -0.2) is 43.2 Å². The molecule has 2 aliphatic heterocycles. The molecule has 7 nitrogen and oxygen atoms in total. The van der Waals surface area contributed by atoms with Crippen molar-refractivity contribution in [3.8, 4) is 0 Å². The fraction of sp³-hybridized carbons (Fsp3) is 0.462. The maximum atomic E-state index is 13.2.